The van der Waals surface area contributed by atoms with Crippen LogP contribution in [0.25, 0.3) is 0 Å². The summed E-state index contributed by atoms with van der Waals surface area (Å²) in [5.41, 5.74) is 2.53. The molecule has 4 heteroatoms. The van der Waals surface area contributed by atoms with E-state index in [1.165, 1.54) is 29.3 Å². The Balaban J connectivity index is 2.91. The summed E-state index contributed by atoms with van der Waals surface area (Å²) in [7, 11) is -1.59. The Bertz CT molecular complexity index is 375. The van der Waals surface area contributed by atoms with Crippen LogP contribution in [0.1, 0.15) is 45.8 Å². The Morgan fingerprint density at radius 3 is 2.42 bits per heavy atom. The maximum atomic E-state index is 6.64. The third kappa shape index (κ3) is 4.75. The molecule has 108 valence electrons. The van der Waals surface area contributed by atoms with E-state index in [-0.39, 0.29) is 6.10 Å². The van der Waals surface area contributed by atoms with E-state index < -0.39 is 8.32 Å². The Hall–Kier alpha value is -0.0731. The Labute approximate surface area is 131 Å². The summed E-state index contributed by atoms with van der Waals surface area (Å²) in [5, 5.41) is 0. The zero-order valence-electron chi connectivity index (χ0n) is 12.4. The van der Waals surface area contributed by atoms with E-state index in [0.29, 0.717) is 0 Å². The summed E-state index contributed by atoms with van der Waals surface area (Å²) in [5.74, 6) is 0. The highest BCUT2D eigenvalue weighted by Gasteiger charge is 2.32. The standard InChI is InChI=1S/C15H25IO2Si/c1-5-19(6-2,7-3)18-15(10-13(4)11-16)14-8-9-17-12-14/h8-9,11-12,15H,5-7,10H2,1-4H3/b13-11+/t15-/m0/s1. The molecule has 0 aliphatic heterocycles. The molecule has 0 fully saturated rings. The van der Waals surface area contributed by atoms with Crippen LogP contribution in [0.2, 0.25) is 18.1 Å². The van der Waals surface area contributed by atoms with Gasteiger partial charge in [-0.2, -0.15) is 0 Å². The molecule has 0 saturated carbocycles. The first kappa shape index (κ1) is 17.0. The zero-order chi connectivity index (χ0) is 14.3. The quantitative estimate of drug-likeness (QED) is 0.396. The molecular formula is C15H25IO2Si. The minimum atomic E-state index is -1.59. The fourth-order valence-corrected chi connectivity index (χ4v) is 5.40. The van der Waals surface area contributed by atoms with E-state index in [2.05, 4.69) is 54.4 Å². The van der Waals surface area contributed by atoms with Gasteiger partial charge >= 0.3 is 0 Å². The summed E-state index contributed by atoms with van der Waals surface area (Å²) in [4.78, 5) is 0. The Morgan fingerprint density at radius 2 is 2.00 bits per heavy atom. The van der Waals surface area contributed by atoms with Crippen molar-refractivity contribution in [1.82, 2.24) is 0 Å². The molecule has 0 amide bonds. The fourth-order valence-electron chi connectivity index (χ4n) is 2.32. The molecule has 0 aliphatic carbocycles. The van der Waals surface area contributed by atoms with Crippen molar-refractivity contribution < 1.29 is 8.84 Å². The maximum absolute atomic E-state index is 6.64. The van der Waals surface area contributed by atoms with Crippen molar-refractivity contribution in [3.05, 3.63) is 33.8 Å². The highest BCUT2D eigenvalue weighted by molar-refractivity contribution is 14.1. The van der Waals surface area contributed by atoms with E-state index in [4.69, 9.17) is 8.84 Å². The largest absolute Gasteiger partial charge is 0.472 e. The molecule has 1 atom stereocenters. The maximum Gasteiger partial charge on any atom is 0.192 e. The van der Waals surface area contributed by atoms with Crippen LogP contribution in [0.3, 0.4) is 0 Å². The second kappa shape index (κ2) is 8.27. The van der Waals surface area contributed by atoms with E-state index >= 15 is 0 Å². The molecule has 1 heterocycles. The molecule has 1 aromatic heterocycles. The van der Waals surface area contributed by atoms with Gasteiger partial charge in [-0.05, 0) is 41.6 Å². The lowest BCUT2D eigenvalue weighted by Crippen LogP contribution is -2.37. The van der Waals surface area contributed by atoms with Crippen LogP contribution in [0.4, 0.5) is 0 Å². The van der Waals surface area contributed by atoms with Gasteiger partial charge in [-0.15, -0.1) is 0 Å². The summed E-state index contributed by atoms with van der Waals surface area (Å²) < 4.78 is 14.0. The van der Waals surface area contributed by atoms with Crippen molar-refractivity contribution >= 4 is 30.9 Å². The summed E-state index contributed by atoms with van der Waals surface area (Å²) in [6, 6.07) is 5.58. The van der Waals surface area contributed by atoms with E-state index in [1.807, 2.05) is 12.3 Å². The number of halogens is 1. The molecule has 0 aliphatic rings. The van der Waals surface area contributed by atoms with Gasteiger partial charge in [-0.1, -0.05) is 48.9 Å². The molecule has 0 N–H and O–H groups in total. The first-order chi connectivity index (χ1) is 9.10. The van der Waals surface area contributed by atoms with Crippen molar-refractivity contribution in [3.63, 3.8) is 0 Å². The van der Waals surface area contributed by atoms with Crippen molar-refractivity contribution in [1.29, 1.82) is 0 Å². The van der Waals surface area contributed by atoms with Crippen molar-refractivity contribution in [2.45, 2.75) is 58.4 Å². The molecule has 0 radical (unpaired) electrons. The second-order valence-electron chi connectivity index (χ2n) is 5.07. The average Bonchev–Trinajstić information content (AvgIpc) is 2.97. The SMILES string of the molecule is CC[Si](CC)(CC)O[C@@H](C/C(C)=C/I)c1ccoc1. The van der Waals surface area contributed by atoms with Crippen LogP contribution in [-0.2, 0) is 4.43 Å². The molecular weight excluding hydrogens is 367 g/mol. The lowest BCUT2D eigenvalue weighted by atomic mass is 10.1. The first-order valence-electron chi connectivity index (χ1n) is 7.06. The Morgan fingerprint density at radius 1 is 1.37 bits per heavy atom. The number of furan rings is 1. The number of rotatable bonds is 8. The van der Waals surface area contributed by atoms with Gasteiger partial charge in [0.1, 0.15) is 0 Å². The van der Waals surface area contributed by atoms with E-state index in [9.17, 15) is 0 Å². The molecule has 0 spiro atoms. The van der Waals surface area contributed by atoms with E-state index in [0.717, 1.165) is 6.42 Å². The molecule has 1 aromatic rings. The van der Waals surface area contributed by atoms with E-state index in [1.54, 1.807) is 6.26 Å². The number of hydrogen-bond donors (Lipinski definition) is 0. The monoisotopic (exact) mass is 392 g/mol. The molecule has 0 unspecified atom stereocenters. The predicted octanol–water partition coefficient (Wildman–Crippen LogP) is 6.07. The van der Waals surface area contributed by atoms with Gasteiger partial charge in [-0.3, -0.25) is 0 Å². The van der Waals surface area contributed by atoms with Gasteiger partial charge in [-0.25, -0.2) is 0 Å². The van der Waals surface area contributed by atoms with Crippen molar-refractivity contribution in [3.8, 4) is 0 Å². The van der Waals surface area contributed by atoms with Crippen LogP contribution in [0.5, 0.6) is 0 Å². The van der Waals surface area contributed by atoms with Crippen LogP contribution in [0, 0.1) is 0 Å². The fraction of sp³-hybridized carbons (Fsp3) is 0.600. The van der Waals surface area contributed by atoms with Crippen LogP contribution in [-0.4, -0.2) is 8.32 Å². The third-order valence-electron chi connectivity index (χ3n) is 3.93. The zero-order valence-corrected chi connectivity index (χ0v) is 15.6. The molecule has 19 heavy (non-hydrogen) atoms. The third-order valence-corrected chi connectivity index (χ3v) is 9.65. The van der Waals surface area contributed by atoms with Crippen molar-refractivity contribution in [2.24, 2.45) is 0 Å². The normalized spacial score (nSPS) is 14.7. The lowest BCUT2D eigenvalue weighted by molar-refractivity contribution is 0.189. The minimum Gasteiger partial charge on any atom is -0.472 e. The highest BCUT2D eigenvalue weighted by Crippen LogP contribution is 2.33. The number of hydrogen-bond acceptors (Lipinski definition) is 2. The predicted molar refractivity (Wildman–Crippen MR) is 92.1 cm³/mol. The molecule has 2 nitrogen and oxygen atoms in total. The average molecular weight is 392 g/mol. The molecule has 0 bridgehead atoms. The van der Waals surface area contributed by atoms with Crippen LogP contribution < -0.4 is 0 Å². The molecule has 1 rings (SSSR count). The smallest absolute Gasteiger partial charge is 0.192 e. The van der Waals surface area contributed by atoms with Gasteiger partial charge in [0.05, 0.1) is 18.6 Å². The summed E-state index contributed by atoms with van der Waals surface area (Å²) in [6.45, 7) is 8.97. The summed E-state index contributed by atoms with van der Waals surface area (Å²) in [6.07, 6.45) is 4.67. The topological polar surface area (TPSA) is 22.4 Å². The summed E-state index contributed by atoms with van der Waals surface area (Å²) >= 11 is 2.30. The van der Waals surface area contributed by atoms with Gasteiger partial charge in [0.25, 0.3) is 0 Å². The van der Waals surface area contributed by atoms with Gasteiger partial charge in [0.2, 0.25) is 0 Å². The van der Waals surface area contributed by atoms with Gasteiger partial charge in [0, 0.05) is 5.56 Å². The van der Waals surface area contributed by atoms with Gasteiger partial charge < -0.3 is 8.84 Å². The minimum absolute atomic E-state index is 0.149. The van der Waals surface area contributed by atoms with Crippen LogP contribution in [0.15, 0.2) is 32.7 Å². The van der Waals surface area contributed by atoms with Gasteiger partial charge in [0.15, 0.2) is 8.32 Å². The Kier molecular flexibility index (Phi) is 7.39. The lowest BCUT2D eigenvalue weighted by Gasteiger charge is -2.33. The second-order valence-corrected chi connectivity index (χ2v) is 10.4. The molecule has 0 saturated heterocycles. The van der Waals surface area contributed by atoms with Crippen LogP contribution >= 0.6 is 22.6 Å². The first-order valence-corrected chi connectivity index (χ1v) is 10.8. The van der Waals surface area contributed by atoms with Crippen molar-refractivity contribution in [2.75, 3.05) is 0 Å². The molecule has 0 aromatic carbocycles. The highest BCUT2D eigenvalue weighted by atomic mass is 127.